The Labute approximate surface area is 267 Å². The number of aryl methyl sites for hydroxylation is 2. The van der Waals surface area contributed by atoms with Crippen LogP contribution in [0.4, 0.5) is 10.9 Å². The van der Waals surface area contributed by atoms with Crippen molar-refractivity contribution in [3.8, 4) is 0 Å². The van der Waals surface area contributed by atoms with E-state index in [1.165, 1.54) is 11.3 Å². The van der Waals surface area contributed by atoms with E-state index in [1.54, 1.807) is 9.18 Å². The normalized spacial score (nSPS) is 12.1. The highest BCUT2D eigenvalue weighted by atomic mass is 127. The van der Waals surface area contributed by atoms with Crippen molar-refractivity contribution in [3.63, 3.8) is 0 Å². The molecule has 2 aromatic rings. The highest BCUT2D eigenvalue weighted by molar-refractivity contribution is 14.1. The van der Waals surface area contributed by atoms with Gasteiger partial charge < -0.3 is 10.6 Å². The highest BCUT2D eigenvalue weighted by Gasteiger charge is 2.14. The Hall–Kier alpha value is -3.19. The molecule has 0 aliphatic rings. The number of rotatable bonds is 17. The van der Waals surface area contributed by atoms with Crippen molar-refractivity contribution in [1.29, 1.82) is 0 Å². The number of allylic oxidation sites excluding steroid dienone is 5. The fraction of sp³-hybridized carbons (Fsp3) is 0.419. The summed E-state index contributed by atoms with van der Waals surface area (Å²) in [6.07, 6.45) is 12.1. The second-order valence-corrected chi connectivity index (χ2v) is 12.5. The number of nitrogens with one attached hydrogen (secondary N) is 2. The van der Waals surface area contributed by atoms with Gasteiger partial charge >= 0.3 is 0 Å². The van der Waals surface area contributed by atoms with Gasteiger partial charge in [-0.05, 0) is 63.3 Å². The Morgan fingerprint density at radius 2 is 1.79 bits per heavy atom. The maximum absolute atomic E-state index is 12.2. The molecule has 9 nitrogen and oxygen atoms in total. The first-order chi connectivity index (χ1) is 20.0. The van der Waals surface area contributed by atoms with Crippen LogP contribution in [0.2, 0.25) is 0 Å². The smallest absolute Gasteiger partial charge is 0.234 e. The third-order valence-electron chi connectivity index (χ3n) is 5.94. The Morgan fingerprint density at radius 1 is 1.05 bits per heavy atom. The molecule has 0 aliphatic carbocycles. The molecule has 0 saturated carbocycles. The molecule has 2 N–H and O–H groups in total. The minimum atomic E-state index is -0.117. The highest BCUT2D eigenvalue weighted by Crippen LogP contribution is 2.21. The van der Waals surface area contributed by atoms with Gasteiger partial charge in [-0.2, -0.15) is 5.10 Å². The van der Waals surface area contributed by atoms with Gasteiger partial charge in [0.15, 0.2) is 5.82 Å². The number of carbonyl (C=O) groups excluding carboxylic acids is 2. The van der Waals surface area contributed by atoms with E-state index in [0.29, 0.717) is 30.3 Å². The average molecular weight is 704 g/mol. The van der Waals surface area contributed by atoms with Gasteiger partial charge in [0.25, 0.3) is 0 Å². The van der Waals surface area contributed by atoms with Crippen LogP contribution in [0.25, 0.3) is 0 Å². The maximum atomic E-state index is 12.2. The van der Waals surface area contributed by atoms with Crippen LogP contribution in [0.15, 0.2) is 72.0 Å². The minimum Gasteiger partial charge on any atom is -0.334 e. The second-order valence-electron chi connectivity index (χ2n) is 10.3. The molecule has 2 aromatic heterocycles. The van der Waals surface area contributed by atoms with Crippen molar-refractivity contribution >= 4 is 57.0 Å². The van der Waals surface area contributed by atoms with Crippen LogP contribution in [-0.2, 0) is 22.4 Å². The fourth-order valence-corrected chi connectivity index (χ4v) is 5.81. The monoisotopic (exact) mass is 703 g/mol. The van der Waals surface area contributed by atoms with Gasteiger partial charge in [-0.1, -0.05) is 68.2 Å². The number of amides is 2. The molecule has 2 rings (SSSR count). The van der Waals surface area contributed by atoms with E-state index >= 15 is 0 Å². The van der Waals surface area contributed by atoms with Crippen LogP contribution in [-0.4, -0.2) is 41.9 Å². The lowest BCUT2D eigenvalue weighted by molar-refractivity contribution is -0.128. The SMILES string of the molecule is C=C(/C=C(\C)CN(I)C(=O)C(C)C)CC(=C)Nc1nnc(CCCCc2ccc(NC(=O)CC(/C=C\C)=C/C)nn2)s1. The lowest BCUT2D eigenvalue weighted by Crippen LogP contribution is -2.26. The van der Waals surface area contributed by atoms with Crippen molar-refractivity contribution in [2.75, 3.05) is 17.2 Å². The van der Waals surface area contributed by atoms with E-state index in [4.69, 9.17) is 0 Å². The summed E-state index contributed by atoms with van der Waals surface area (Å²) < 4.78 is 1.70. The zero-order valence-electron chi connectivity index (χ0n) is 25.2. The maximum Gasteiger partial charge on any atom is 0.234 e. The van der Waals surface area contributed by atoms with Crippen LogP contribution >= 0.6 is 34.2 Å². The molecular formula is C31H42IN7O2S. The Kier molecular flexibility index (Phi) is 15.3. The fourth-order valence-electron chi connectivity index (χ4n) is 3.88. The summed E-state index contributed by atoms with van der Waals surface area (Å²) in [4.78, 5) is 24.3. The minimum absolute atomic E-state index is 0.0298. The molecule has 0 saturated heterocycles. The Bertz CT molecular complexity index is 1310. The van der Waals surface area contributed by atoms with Gasteiger partial charge in [-0.15, -0.1) is 15.3 Å². The molecule has 0 aromatic carbocycles. The molecule has 42 heavy (non-hydrogen) atoms. The predicted molar refractivity (Wildman–Crippen MR) is 181 cm³/mol. The van der Waals surface area contributed by atoms with Crippen LogP contribution < -0.4 is 10.6 Å². The van der Waals surface area contributed by atoms with E-state index in [-0.39, 0.29) is 17.7 Å². The van der Waals surface area contributed by atoms with Gasteiger partial charge in [0.05, 0.1) is 41.5 Å². The van der Waals surface area contributed by atoms with Crippen molar-refractivity contribution in [2.45, 2.75) is 73.1 Å². The van der Waals surface area contributed by atoms with Crippen molar-refractivity contribution in [3.05, 3.63) is 82.7 Å². The molecule has 0 atom stereocenters. The molecular weight excluding hydrogens is 661 g/mol. The number of anilines is 2. The third-order valence-corrected chi connectivity index (χ3v) is 7.65. The predicted octanol–water partition coefficient (Wildman–Crippen LogP) is 7.40. The van der Waals surface area contributed by atoms with Crippen LogP contribution in [0.3, 0.4) is 0 Å². The molecule has 0 aliphatic heterocycles. The summed E-state index contributed by atoms with van der Waals surface area (Å²) in [7, 11) is 0. The second kappa shape index (κ2) is 18.4. The average Bonchev–Trinajstić information content (AvgIpc) is 3.37. The van der Waals surface area contributed by atoms with Crippen molar-refractivity contribution in [1.82, 2.24) is 23.5 Å². The molecule has 11 heteroatoms. The molecule has 2 amide bonds. The van der Waals surface area contributed by atoms with Crippen molar-refractivity contribution < 1.29 is 9.59 Å². The Balaban J connectivity index is 1.71. The lowest BCUT2D eigenvalue weighted by atomic mass is 10.1. The number of aromatic nitrogens is 4. The molecule has 226 valence electrons. The van der Waals surface area contributed by atoms with Gasteiger partial charge in [-0.25, -0.2) is 0 Å². The summed E-state index contributed by atoms with van der Waals surface area (Å²) in [5, 5.41) is 24.6. The van der Waals surface area contributed by atoms with Gasteiger partial charge in [0.2, 0.25) is 16.9 Å². The lowest BCUT2D eigenvalue weighted by Gasteiger charge is -2.17. The van der Waals surface area contributed by atoms with Gasteiger partial charge in [-0.3, -0.25) is 12.7 Å². The number of nitrogens with zero attached hydrogens (tertiary/aromatic N) is 5. The first kappa shape index (κ1) is 35.0. The first-order valence-electron chi connectivity index (χ1n) is 14.0. The zero-order chi connectivity index (χ0) is 31.1. The summed E-state index contributed by atoms with van der Waals surface area (Å²) in [5.74, 6) is 0.415. The topological polar surface area (TPSA) is 113 Å². The molecule has 0 bridgehead atoms. The van der Waals surface area contributed by atoms with Crippen LogP contribution in [0, 0.1) is 5.92 Å². The van der Waals surface area contributed by atoms with E-state index in [0.717, 1.165) is 58.8 Å². The summed E-state index contributed by atoms with van der Waals surface area (Å²) in [5.41, 5.74) is 4.58. The number of carbonyl (C=O) groups is 2. The molecule has 0 unspecified atom stereocenters. The quantitative estimate of drug-likeness (QED) is 0.0765. The van der Waals surface area contributed by atoms with E-state index in [2.05, 4.69) is 67.1 Å². The van der Waals surface area contributed by atoms with E-state index in [9.17, 15) is 9.59 Å². The van der Waals surface area contributed by atoms with Crippen LogP contribution in [0.1, 0.15) is 71.0 Å². The third kappa shape index (κ3) is 13.2. The number of hydrogen-bond donors (Lipinski definition) is 2. The molecule has 2 heterocycles. The van der Waals surface area contributed by atoms with E-state index < -0.39 is 0 Å². The number of halogens is 1. The van der Waals surface area contributed by atoms with Crippen molar-refractivity contribution in [2.24, 2.45) is 5.92 Å². The largest absolute Gasteiger partial charge is 0.334 e. The summed E-state index contributed by atoms with van der Waals surface area (Å²) in [6, 6.07) is 3.69. The molecule has 0 fully saturated rings. The van der Waals surface area contributed by atoms with Gasteiger partial charge in [0, 0.05) is 24.5 Å². The number of hydrogen-bond acceptors (Lipinski definition) is 8. The molecule has 0 radical (unpaired) electrons. The van der Waals surface area contributed by atoms with Crippen LogP contribution in [0.5, 0.6) is 0 Å². The standard InChI is InChI=1S/C31H42IN7O2S/c1-8-12-25(9-2)19-28(40)34-27-16-15-26(35-36-27)13-10-11-14-29-37-38-31(42-29)33-24(7)18-22(5)17-23(6)20-39(32)30(41)21(3)4/h8-9,12,15-17,21H,5,7,10-11,13-14,18-20H2,1-4,6H3,(H,33,38)(H,34,36,40)/b12-8-,23-17+,25-9+. The summed E-state index contributed by atoms with van der Waals surface area (Å²) in [6.45, 7) is 18.4. The summed E-state index contributed by atoms with van der Waals surface area (Å²) >= 11 is 3.58. The molecule has 0 spiro atoms. The first-order valence-corrected chi connectivity index (χ1v) is 15.8. The Morgan fingerprint density at radius 3 is 2.43 bits per heavy atom. The van der Waals surface area contributed by atoms with E-state index in [1.807, 2.05) is 65.0 Å². The number of unbranched alkanes of at least 4 members (excludes halogenated alkanes) is 1. The van der Waals surface area contributed by atoms with Gasteiger partial charge in [0.1, 0.15) is 5.01 Å². The zero-order valence-corrected chi connectivity index (χ0v) is 28.2.